The molecule has 0 unspecified atom stereocenters. The zero-order chi connectivity index (χ0) is 19.8. The molecule has 1 heterocycles. The number of urea groups is 2. The third-order valence-corrected chi connectivity index (χ3v) is 4.54. The minimum atomic E-state index is -1.05. The number of imide groups is 3. The van der Waals surface area contributed by atoms with Gasteiger partial charge in [0.15, 0.2) is 0 Å². The van der Waals surface area contributed by atoms with Gasteiger partial charge >= 0.3 is 23.9 Å². The summed E-state index contributed by atoms with van der Waals surface area (Å²) < 4.78 is 0. The van der Waals surface area contributed by atoms with Crippen molar-refractivity contribution in [1.29, 1.82) is 0 Å². The highest BCUT2D eigenvalue weighted by Crippen LogP contribution is 2.19. The van der Waals surface area contributed by atoms with E-state index in [9.17, 15) is 24.0 Å². The highest BCUT2D eigenvalue weighted by atomic mass is 16.2. The van der Waals surface area contributed by atoms with Gasteiger partial charge in [-0.2, -0.15) is 0 Å². The lowest BCUT2D eigenvalue weighted by Crippen LogP contribution is -2.46. The second kappa shape index (κ2) is 9.84. The Morgan fingerprint density at radius 1 is 1.11 bits per heavy atom. The molecule has 0 radical (unpaired) electrons. The Hall–Kier alpha value is -2.71. The van der Waals surface area contributed by atoms with Crippen molar-refractivity contribution in [3.05, 3.63) is 11.6 Å². The van der Waals surface area contributed by atoms with Gasteiger partial charge in [0, 0.05) is 13.1 Å². The second-order valence-electron chi connectivity index (χ2n) is 6.65. The van der Waals surface area contributed by atoms with E-state index in [1.54, 1.807) is 0 Å². The van der Waals surface area contributed by atoms with Crippen molar-refractivity contribution >= 4 is 29.8 Å². The third kappa shape index (κ3) is 5.63. The van der Waals surface area contributed by atoms with Crippen LogP contribution in [-0.2, 0) is 14.4 Å². The molecule has 9 nitrogen and oxygen atoms in total. The number of hydrogen-bond donors (Lipinski definition) is 2. The summed E-state index contributed by atoms with van der Waals surface area (Å²) in [7, 11) is 0. The molecule has 2 rings (SSSR count). The van der Waals surface area contributed by atoms with E-state index >= 15 is 0 Å². The number of unbranched alkanes of at least 4 members (excludes halogenated alkanes) is 1. The molecule has 9 heteroatoms. The molecule has 0 aromatic rings. The van der Waals surface area contributed by atoms with Crippen LogP contribution < -0.4 is 10.6 Å². The number of rotatable bonds is 8. The van der Waals surface area contributed by atoms with Crippen molar-refractivity contribution in [2.24, 2.45) is 0 Å². The minimum absolute atomic E-state index is 0.133. The van der Waals surface area contributed by atoms with E-state index < -0.39 is 36.3 Å². The molecule has 0 spiro atoms. The van der Waals surface area contributed by atoms with Crippen LogP contribution in [-0.4, -0.2) is 59.2 Å². The van der Waals surface area contributed by atoms with Gasteiger partial charge in [-0.3, -0.25) is 24.6 Å². The maximum atomic E-state index is 12.1. The first-order valence-corrected chi connectivity index (χ1v) is 9.37. The summed E-state index contributed by atoms with van der Waals surface area (Å²) in [5.74, 6) is -2.81. The fourth-order valence-electron chi connectivity index (χ4n) is 3.03. The second-order valence-corrected chi connectivity index (χ2v) is 6.65. The van der Waals surface area contributed by atoms with Gasteiger partial charge in [0.25, 0.3) is 0 Å². The Morgan fingerprint density at radius 3 is 2.52 bits per heavy atom. The van der Waals surface area contributed by atoms with Crippen molar-refractivity contribution in [1.82, 2.24) is 20.4 Å². The molecule has 148 valence electrons. The zero-order valence-electron chi connectivity index (χ0n) is 15.6. The number of allylic oxidation sites excluding steroid dienone is 1. The van der Waals surface area contributed by atoms with Crippen LogP contribution in [0.1, 0.15) is 51.9 Å². The average Bonchev–Trinajstić information content (AvgIpc) is 2.84. The van der Waals surface area contributed by atoms with Crippen LogP contribution >= 0.6 is 0 Å². The van der Waals surface area contributed by atoms with E-state index in [2.05, 4.69) is 16.7 Å². The van der Waals surface area contributed by atoms with Gasteiger partial charge in [-0.1, -0.05) is 25.0 Å². The standard InChI is InChI=1S/C18H26N4O5/c1-2-3-11-21-15(24)16(25)22(18(21)27)12-14(23)20-17(26)19-10-9-13-7-5-4-6-8-13/h7H,2-6,8-12H2,1H3,(H2,19,20,23,26). The highest BCUT2D eigenvalue weighted by molar-refractivity contribution is 6.45. The Labute approximate surface area is 158 Å². The van der Waals surface area contributed by atoms with E-state index in [4.69, 9.17) is 0 Å². The first-order valence-electron chi connectivity index (χ1n) is 9.37. The lowest BCUT2D eigenvalue weighted by Gasteiger charge is -2.15. The number of nitrogens with zero attached hydrogens (tertiary/aromatic N) is 2. The predicted molar refractivity (Wildman–Crippen MR) is 96.4 cm³/mol. The molecule has 1 fully saturated rings. The van der Waals surface area contributed by atoms with Crippen LogP contribution in [0.3, 0.4) is 0 Å². The van der Waals surface area contributed by atoms with E-state index in [1.165, 1.54) is 12.0 Å². The van der Waals surface area contributed by atoms with Gasteiger partial charge in [0.1, 0.15) is 6.54 Å². The molecular weight excluding hydrogens is 352 g/mol. The van der Waals surface area contributed by atoms with Crippen LogP contribution in [0.5, 0.6) is 0 Å². The molecule has 0 aromatic carbocycles. The van der Waals surface area contributed by atoms with Crippen LogP contribution in [0.15, 0.2) is 11.6 Å². The highest BCUT2D eigenvalue weighted by Gasteiger charge is 2.44. The Morgan fingerprint density at radius 2 is 1.85 bits per heavy atom. The fraction of sp³-hybridized carbons (Fsp3) is 0.611. The molecule has 0 aromatic heterocycles. The Bertz CT molecular complexity index is 658. The van der Waals surface area contributed by atoms with Crippen LogP contribution in [0, 0.1) is 0 Å². The molecule has 7 amide bonds. The van der Waals surface area contributed by atoms with Gasteiger partial charge in [0.05, 0.1) is 0 Å². The van der Waals surface area contributed by atoms with Gasteiger partial charge in [-0.25, -0.2) is 14.5 Å². The molecule has 27 heavy (non-hydrogen) atoms. The maximum absolute atomic E-state index is 12.1. The quantitative estimate of drug-likeness (QED) is 0.375. The summed E-state index contributed by atoms with van der Waals surface area (Å²) in [6, 6.07) is -1.51. The van der Waals surface area contributed by atoms with Gasteiger partial charge in [-0.15, -0.1) is 0 Å². The molecule has 1 aliphatic heterocycles. The molecular formula is C18H26N4O5. The lowest BCUT2D eigenvalue weighted by atomic mass is 9.97. The van der Waals surface area contributed by atoms with Crippen molar-refractivity contribution < 1.29 is 24.0 Å². The van der Waals surface area contributed by atoms with Crippen molar-refractivity contribution in [2.45, 2.75) is 51.9 Å². The number of nitrogens with one attached hydrogen (secondary N) is 2. The number of hydrogen-bond acceptors (Lipinski definition) is 5. The van der Waals surface area contributed by atoms with Crippen LogP contribution in [0.2, 0.25) is 0 Å². The number of carbonyl (C=O) groups excluding carboxylic acids is 5. The molecule has 2 aliphatic rings. The summed E-state index contributed by atoms with van der Waals surface area (Å²) >= 11 is 0. The fourth-order valence-corrected chi connectivity index (χ4v) is 3.03. The number of carbonyl (C=O) groups is 5. The van der Waals surface area contributed by atoms with Crippen molar-refractivity contribution in [3.63, 3.8) is 0 Å². The van der Waals surface area contributed by atoms with E-state index in [-0.39, 0.29) is 6.54 Å². The van der Waals surface area contributed by atoms with Crippen molar-refractivity contribution in [3.8, 4) is 0 Å². The van der Waals surface area contributed by atoms with Gasteiger partial charge in [-0.05, 0) is 38.5 Å². The molecule has 0 atom stereocenters. The smallest absolute Gasteiger partial charge is 0.334 e. The van der Waals surface area contributed by atoms with Gasteiger partial charge < -0.3 is 5.32 Å². The van der Waals surface area contributed by atoms with Crippen LogP contribution in [0.4, 0.5) is 9.59 Å². The molecule has 2 N–H and O–H groups in total. The Balaban J connectivity index is 1.76. The minimum Gasteiger partial charge on any atom is -0.337 e. The molecule has 1 saturated heterocycles. The average molecular weight is 378 g/mol. The summed E-state index contributed by atoms with van der Waals surface area (Å²) in [4.78, 5) is 60.9. The Kier molecular flexibility index (Phi) is 7.51. The largest absolute Gasteiger partial charge is 0.337 e. The zero-order valence-corrected chi connectivity index (χ0v) is 15.6. The first kappa shape index (κ1) is 20.6. The topological polar surface area (TPSA) is 116 Å². The molecule has 1 aliphatic carbocycles. The number of amides is 7. The lowest BCUT2D eigenvalue weighted by molar-refractivity contribution is -0.143. The molecule has 0 saturated carbocycles. The van der Waals surface area contributed by atoms with E-state index in [0.717, 1.165) is 37.0 Å². The van der Waals surface area contributed by atoms with Crippen LogP contribution in [0.25, 0.3) is 0 Å². The van der Waals surface area contributed by atoms with E-state index in [1.807, 2.05) is 6.92 Å². The monoisotopic (exact) mass is 378 g/mol. The third-order valence-electron chi connectivity index (χ3n) is 4.54. The summed E-state index contributed by atoms with van der Waals surface area (Å²) in [6.07, 6.45) is 8.68. The van der Waals surface area contributed by atoms with E-state index in [0.29, 0.717) is 17.9 Å². The van der Waals surface area contributed by atoms with Gasteiger partial charge in [0.2, 0.25) is 5.91 Å². The first-order chi connectivity index (χ1) is 12.9. The van der Waals surface area contributed by atoms with Crippen molar-refractivity contribution in [2.75, 3.05) is 19.6 Å². The summed E-state index contributed by atoms with van der Waals surface area (Å²) in [5.41, 5.74) is 1.30. The summed E-state index contributed by atoms with van der Waals surface area (Å²) in [6.45, 7) is 1.76. The molecule has 0 bridgehead atoms. The predicted octanol–water partition coefficient (Wildman–Crippen LogP) is 1.29. The maximum Gasteiger partial charge on any atom is 0.334 e. The SMILES string of the molecule is CCCCN1C(=O)C(=O)N(CC(=O)NC(=O)NCCC2=CCCCC2)C1=O. The normalized spacial score (nSPS) is 17.2. The summed E-state index contributed by atoms with van der Waals surface area (Å²) in [5, 5.41) is 4.65.